The SMILES string of the molecule is COc1cc(C(C)NCc2cccc(C)c2)ccc1O. The van der Waals surface area contributed by atoms with Gasteiger partial charge in [-0.1, -0.05) is 35.9 Å². The monoisotopic (exact) mass is 271 g/mol. The Bertz CT molecular complexity index is 581. The Labute approximate surface area is 120 Å². The van der Waals surface area contributed by atoms with Gasteiger partial charge in [-0.25, -0.2) is 0 Å². The largest absolute Gasteiger partial charge is 0.504 e. The van der Waals surface area contributed by atoms with Gasteiger partial charge in [0.25, 0.3) is 0 Å². The van der Waals surface area contributed by atoms with Crippen molar-refractivity contribution in [1.29, 1.82) is 0 Å². The summed E-state index contributed by atoms with van der Waals surface area (Å²) >= 11 is 0. The fourth-order valence-corrected chi connectivity index (χ4v) is 2.17. The first-order valence-electron chi connectivity index (χ1n) is 6.76. The lowest BCUT2D eigenvalue weighted by Gasteiger charge is -2.16. The average Bonchev–Trinajstić information content (AvgIpc) is 2.45. The molecule has 0 aliphatic rings. The number of phenols is 1. The number of benzene rings is 2. The molecule has 0 saturated heterocycles. The molecule has 3 nitrogen and oxygen atoms in total. The summed E-state index contributed by atoms with van der Waals surface area (Å²) in [5, 5.41) is 13.1. The van der Waals surface area contributed by atoms with Crippen LogP contribution in [-0.4, -0.2) is 12.2 Å². The molecule has 0 fully saturated rings. The molecule has 1 unspecified atom stereocenters. The van der Waals surface area contributed by atoms with E-state index in [4.69, 9.17) is 4.74 Å². The van der Waals surface area contributed by atoms with Crippen molar-refractivity contribution in [2.75, 3.05) is 7.11 Å². The molecule has 1 atom stereocenters. The molecular weight excluding hydrogens is 250 g/mol. The highest BCUT2D eigenvalue weighted by atomic mass is 16.5. The van der Waals surface area contributed by atoms with Crippen LogP contribution >= 0.6 is 0 Å². The third-order valence-corrected chi connectivity index (χ3v) is 3.40. The second-order valence-corrected chi connectivity index (χ2v) is 5.02. The van der Waals surface area contributed by atoms with Crippen LogP contribution in [0.2, 0.25) is 0 Å². The molecule has 3 heteroatoms. The second kappa shape index (κ2) is 6.44. The molecular formula is C17H21NO2. The van der Waals surface area contributed by atoms with Gasteiger partial charge in [-0.05, 0) is 37.1 Å². The second-order valence-electron chi connectivity index (χ2n) is 5.02. The number of ether oxygens (including phenoxy) is 1. The highest BCUT2D eigenvalue weighted by molar-refractivity contribution is 5.42. The normalized spacial score (nSPS) is 12.2. The molecule has 0 aliphatic heterocycles. The van der Waals surface area contributed by atoms with Crippen molar-refractivity contribution in [2.45, 2.75) is 26.4 Å². The van der Waals surface area contributed by atoms with E-state index in [0.29, 0.717) is 5.75 Å². The van der Waals surface area contributed by atoms with E-state index in [2.05, 4.69) is 43.4 Å². The minimum atomic E-state index is 0.169. The number of nitrogens with one attached hydrogen (secondary N) is 1. The molecule has 0 aromatic heterocycles. The number of aryl methyl sites for hydroxylation is 1. The first-order valence-corrected chi connectivity index (χ1v) is 6.76. The van der Waals surface area contributed by atoms with Gasteiger partial charge in [-0.15, -0.1) is 0 Å². The molecule has 0 amide bonds. The maximum absolute atomic E-state index is 9.61. The summed E-state index contributed by atoms with van der Waals surface area (Å²) in [6.45, 7) is 5.01. The smallest absolute Gasteiger partial charge is 0.160 e. The minimum absolute atomic E-state index is 0.169. The standard InChI is InChI=1S/C17H21NO2/c1-12-5-4-6-14(9-12)11-18-13(2)15-7-8-16(19)17(10-15)20-3/h4-10,13,18-19H,11H2,1-3H3. The summed E-state index contributed by atoms with van der Waals surface area (Å²) < 4.78 is 5.14. The van der Waals surface area contributed by atoms with E-state index in [0.717, 1.165) is 12.1 Å². The van der Waals surface area contributed by atoms with Gasteiger partial charge < -0.3 is 15.2 Å². The van der Waals surface area contributed by atoms with Gasteiger partial charge >= 0.3 is 0 Å². The van der Waals surface area contributed by atoms with Crippen molar-refractivity contribution < 1.29 is 9.84 Å². The van der Waals surface area contributed by atoms with Crippen LogP contribution in [0.3, 0.4) is 0 Å². The first kappa shape index (κ1) is 14.4. The summed E-state index contributed by atoms with van der Waals surface area (Å²) in [5.74, 6) is 0.675. The first-order chi connectivity index (χ1) is 9.60. The van der Waals surface area contributed by atoms with E-state index >= 15 is 0 Å². The maximum Gasteiger partial charge on any atom is 0.160 e. The van der Waals surface area contributed by atoms with Gasteiger partial charge in [-0.2, -0.15) is 0 Å². The van der Waals surface area contributed by atoms with Crippen LogP contribution < -0.4 is 10.1 Å². The van der Waals surface area contributed by atoms with Crippen molar-refractivity contribution in [3.8, 4) is 11.5 Å². The third kappa shape index (κ3) is 3.52. The zero-order chi connectivity index (χ0) is 14.5. The molecule has 0 saturated carbocycles. The zero-order valence-corrected chi connectivity index (χ0v) is 12.2. The fourth-order valence-electron chi connectivity index (χ4n) is 2.17. The summed E-state index contributed by atoms with van der Waals surface area (Å²) in [6.07, 6.45) is 0. The number of rotatable bonds is 5. The molecule has 2 aromatic rings. The highest BCUT2D eigenvalue weighted by Crippen LogP contribution is 2.28. The predicted octanol–water partition coefficient (Wildman–Crippen LogP) is 3.56. The number of hydrogen-bond donors (Lipinski definition) is 2. The highest BCUT2D eigenvalue weighted by Gasteiger charge is 2.09. The molecule has 0 spiro atoms. The van der Waals surface area contributed by atoms with Gasteiger partial charge in [0.2, 0.25) is 0 Å². The Kier molecular flexibility index (Phi) is 4.64. The van der Waals surface area contributed by atoms with Crippen LogP contribution in [-0.2, 0) is 6.54 Å². The number of hydrogen-bond acceptors (Lipinski definition) is 3. The quantitative estimate of drug-likeness (QED) is 0.873. The Morgan fingerprint density at radius 3 is 2.70 bits per heavy atom. The molecule has 2 N–H and O–H groups in total. The van der Waals surface area contributed by atoms with Crippen LogP contribution in [0.25, 0.3) is 0 Å². The lowest BCUT2D eigenvalue weighted by atomic mass is 10.1. The molecule has 106 valence electrons. The van der Waals surface area contributed by atoms with E-state index in [1.165, 1.54) is 11.1 Å². The molecule has 20 heavy (non-hydrogen) atoms. The predicted molar refractivity (Wildman–Crippen MR) is 81.1 cm³/mol. The van der Waals surface area contributed by atoms with Crippen LogP contribution in [0.5, 0.6) is 11.5 Å². The van der Waals surface area contributed by atoms with Crippen molar-refractivity contribution >= 4 is 0 Å². The number of aromatic hydroxyl groups is 1. The van der Waals surface area contributed by atoms with E-state index < -0.39 is 0 Å². The van der Waals surface area contributed by atoms with Crippen molar-refractivity contribution in [2.24, 2.45) is 0 Å². The zero-order valence-electron chi connectivity index (χ0n) is 12.2. The Hall–Kier alpha value is -2.00. The van der Waals surface area contributed by atoms with E-state index in [1.54, 1.807) is 13.2 Å². The fraction of sp³-hybridized carbons (Fsp3) is 0.294. The third-order valence-electron chi connectivity index (χ3n) is 3.40. The summed E-state index contributed by atoms with van der Waals surface area (Å²) in [5.41, 5.74) is 3.62. The molecule has 2 aromatic carbocycles. The van der Waals surface area contributed by atoms with Crippen LogP contribution in [0.1, 0.15) is 29.7 Å². The molecule has 0 aliphatic carbocycles. The molecule has 0 heterocycles. The number of methoxy groups -OCH3 is 1. The van der Waals surface area contributed by atoms with E-state index in [1.807, 2.05) is 12.1 Å². The van der Waals surface area contributed by atoms with Crippen molar-refractivity contribution in [3.63, 3.8) is 0 Å². The van der Waals surface area contributed by atoms with E-state index in [-0.39, 0.29) is 11.8 Å². The summed E-state index contributed by atoms with van der Waals surface area (Å²) in [4.78, 5) is 0. The van der Waals surface area contributed by atoms with Crippen molar-refractivity contribution in [3.05, 3.63) is 59.2 Å². The lowest BCUT2D eigenvalue weighted by Crippen LogP contribution is -2.18. The number of phenolic OH excluding ortho intramolecular Hbond substituents is 1. The molecule has 2 rings (SSSR count). The van der Waals surface area contributed by atoms with Gasteiger partial charge in [0.05, 0.1) is 7.11 Å². The topological polar surface area (TPSA) is 41.5 Å². The van der Waals surface area contributed by atoms with Gasteiger partial charge in [0, 0.05) is 12.6 Å². The summed E-state index contributed by atoms with van der Waals surface area (Å²) in [7, 11) is 1.56. The van der Waals surface area contributed by atoms with Gasteiger partial charge in [0.1, 0.15) is 0 Å². The van der Waals surface area contributed by atoms with Crippen LogP contribution in [0, 0.1) is 6.92 Å². The molecule has 0 radical (unpaired) electrons. The lowest BCUT2D eigenvalue weighted by molar-refractivity contribution is 0.372. The average molecular weight is 271 g/mol. The van der Waals surface area contributed by atoms with Gasteiger partial charge in [0.15, 0.2) is 11.5 Å². The Morgan fingerprint density at radius 2 is 2.00 bits per heavy atom. The van der Waals surface area contributed by atoms with Crippen LogP contribution in [0.4, 0.5) is 0 Å². The molecule has 0 bridgehead atoms. The van der Waals surface area contributed by atoms with Gasteiger partial charge in [-0.3, -0.25) is 0 Å². The Balaban J connectivity index is 2.03. The minimum Gasteiger partial charge on any atom is -0.504 e. The maximum atomic E-state index is 9.61. The van der Waals surface area contributed by atoms with Crippen molar-refractivity contribution in [1.82, 2.24) is 5.32 Å². The van der Waals surface area contributed by atoms with E-state index in [9.17, 15) is 5.11 Å². The summed E-state index contributed by atoms with van der Waals surface area (Å²) in [6, 6.07) is 14.1. The van der Waals surface area contributed by atoms with Crippen LogP contribution in [0.15, 0.2) is 42.5 Å². The Morgan fingerprint density at radius 1 is 1.20 bits per heavy atom.